The normalized spacial score (nSPS) is 24.2. The molecular formula is C21H27N5O2. The van der Waals surface area contributed by atoms with Crippen molar-refractivity contribution in [3.8, 4) is 0 Å². The van der Waals surface area contributed by atoms with Crippen LogP contribution in [0.4, 0.5) is 0 Å². The van der Waals surface area contributed by atoms with Crippen LogP contribution in [0.25, 0.3) is 16.7 Å². The molecule has 0 aromatic carbocycles. The molecule has 3 aromatic heterocycles. The van der Waals surface area contributed by atoms with Crippen LogP contribution in [0.2, 0.25) is 0 Å². The second-order valence-electron chi connectivity index (χ2n) is 8.32. The van der Waals surface area contributed by atoms with Crippen LogP contribution in [-0.4, -0.2) is 56.5 Å². The number of fused-ring (bicyclic) bond motifs is 3. The maximum atomic E-state index is 13.0. The minimum Gasteiger partial charge on any atom is -0.381 e. The summed E-state index contributed by atoms with van der Waals surface area (Å²) in [4.78, 5) is 27.4. The molecule has 2 aliphatic heterocycles. The quantitative estimate of drug-likeness (QED) is 0.757. The van der Waals surface area contributed by atoms with Crippen molar-refractivity contribution in [3.63, 3.8) is 0 Å². The van der Waals surface area contributed by atoms with E-state index in [2.05, 4.69) is 26.2 Å². The number of likely N-dealkylation sites (tertiary alicyclic amines) is 1. The van der Waals surface area contributed by atoms with Crippen LogP contribution in [0, 0.1) is 11.8 Å². The van der Waals surface area contributed by atoms with Gasteiger partial charge in [0.2, 0.25) is 5.91 Å². The van der Waals surface area contributed by atoms with Gasteiger partial charge in [-0.3, -0.25) is 9.20 Å². The Morgan fingerprint density at radius 2 is 2.07 bits per heavy atom. The highest BCUT2D eigenvalue weighted by Gasteiger charge is 2.33. The molecule has 0 saturated carbocycles. The maximum absolute atomic E-state index is 13.0. The van der Waals surface area contributed by atoms with E-state index in [0.29, 0.717) is 18.3 Å². The molecule has 1 N–H and O–H groups in total. The summed E-state index contributed by atoms with van der Waals surface area (Å²) in [5.41, 5.74) is 2.91. The van der Waals surface area contributed by atoms with Crippen LogP contribution < -0.4 is 0 Å². The van der Waals surface area contributed by atoms with Gasteiger partial charge in [-0.1, -0.05) is 6.92 Å². The van der Waals surface area contributed by atoms with Crippen LogP contribution >= 0.6 is 0 Å². The van der Waals surface area contributed by atoms with Gasteiger partial charge in [0.05, 0.1) is 23.4 Å². The van der Waals surface area contributed by atoms with Crippen LogP contribution in [0.1, 0.15) is 44.3 Å². The molecule has 7 nitrogen and oxygen atoms in total. The molecule has 2 fully saturated rings. The molecular weight excluding hydrogens is 354 g/mol. The predicted molar refractivity (Wildman–Crippen MR) is 106 cm³/mol. The van der Waals surface area contributed by atoms with Crippen LogP contribution in [0.3, 0.4) is 0 Å². The van der Waals surface area contributed by atoms with Gasteiger partial charge in [-0.15, -0.1) is 0 Å². The van der Waals surface area contributed by atoms with E-state index >= 15 is 0 Å². The summed E-state index contributed by atoms with van der Waals surface area (Å²) in [6.07, 6.45) is 9.33. The number of imidazole rings is 1. The molecule has 7 heteroatoms. The van der Waals surface area contributed by atoms with Crippen LogP contribution in [-0.2, 0) is 9.53 Å². The number of aromatic nitrogens is 4. The summed E-state index contributed by atoms with van der Waals surface area (Å²) in [6, 6.07) is 2.04. The fourth-order valence-corrected chi connectivity index (χ4v) is 4.72. The van der Waals surface area contributed by atoms with Gasteiger partial charge in [-0.25, -0.2) is 9.97 Å². The van der Waals surface area contributed by atoms with Crippen molar-refractivity contribution < 1.29 is 9.53 Å². The highest BCUT2D eigenvalue weighted by atomic mass is 16.5. The predicted octanol–water partition coefficient (Wildman–Crippen LogP) is 2.98. The Morgan fingerprint density at radius 3 is 2.93 bits per heavy atom. The van der Waals surface area contributed by atoms with E-state index in [9.17, 15) is 4.79 Å². The van der Waals surface area contributed by atoms with Gasteiger partial charge in [0.1, 0.15) is 5.82 Å². The molecule has 2 saturated heterocycles. The first-order valence-corrected chi connectivity index (χ1v) is 10.4. The third-order valence-electron chi connectivity index (χ3n) is 6.53. The van der Waals surface area contributed by atoms with E-state index in [0.717, 1.165) is 68.1 Å². The van der Waals surface area contributed by atoms with E-state index < -0.39 is 0 Å². The monoisotopic (exact) mass is 381 g/mol. The number of nitrogens with zero attached hydrogens (tertiary/aromatic N) is 4. The highest BCUT2D eigenvalue weighted by molar-refractivity contribution is 5.77. The number of carbonyl (C=O) groups is 1. The van der Waals surface area contributed by atoms with Gasteiger partial charge in [0.25, 0.3) is 0 Å². The lowest BCUT2D eigenvalue weighted by Gasteiger charge is -2.37. The number of amides is 1. The average molecular weight is 381 g/mol. The lowest BCUT2D eigenvalue weighted by atomic mass is 9.85. The minimum atomic E-state index is 0.232. The van der Waals surface area contributed by atoms with Gasteiger partial charge in [0, 0.05) is 44.8 Å². The number of hydrogen-bond donors (Lipinski definition) is 1. The lowest BCUT2D eigenvalue weighted by molar-refractivity contribution is -0.134. The standard InChI is InChI=1S/C21H27N5O2/c1-14-3-7-25(19(27)10-15-4-8-28-9-5-15)13-17(14)21-24-12-16-11-23-20-18(26(16)21)2-6-22-20/h2,6,11-12,14-15,17,22H,3-5,7-10,13H2,1H3/t14-,17+/m1/s1. The van der Waals surface area contributed by atoms with Crippen molar-refractivity contribution in [2.75, 3.05) is 26.3 Å². The number of piperidine rings is 1. The molecule has 28 heavy (non-hydrogen) atoms. The van der Waals surface area contributed by atoms with E-state index in [1.54, 1.807) is 0 Å². The molecule has 0 bridgehead atoms. The van der Waals surface area contributed by atoms with Crippen molar-refractivity contribution in [2.24, 2.45) is 11.8 Å². The largest absolute Gasteiger partial charge is 0.381 e. The first kappa shape index (κ1) is 17.7. The van der Waals surface area contributed by atoms with Crippen molar-refractivity contribution in [3.05, 3.63) is 30.5 Å². The van der Waals surface area contributed by atoms with Crippen LogP contribution in [0.5, 0.6) is 0 Å². The Labute approximate surface area is 164 Å². The number of hydrogen-bond acceptors (Lipinski definition) is 4. The lowest BCUT2D eigenvalue weighted by Crippen LogP contribution is -2.43. The fourth-order valence-electron chi connectivity index (χ4n) is 4.72. The molecule has 1 amide bonds. The van der Waals surface area contributed by atoms with E-state index in [-0.39, 0.29) is 11.8 Å². The van der Waals surface area contributed by atoms with E-state index in [1.807, 2.05) is 24.7 Å². The van der Waals surface area contributed by atoms with E-state index in [4.69, 9.17) is 9.72 Å². The molecule has 2 atom stereocenters. The number of rotatable bonds is 3. The molecule has 5 heterocycles. The number of nitrogens with one attached hydrogen (secondary N) is 1. The Kier molecular flexibility index (Phi) is 4.55. The topological polar surface area (TPSA) is 75.5 Å². The van der Waals surface area contributed by atoms with Crippen molar-refractivity contribution in [2.45, 2.75) is 38.5 Å². The smallest absolute Gasteiger partial charge is 0.222 e. The summed E-state index contributed by atoms with van der Waals surface area (Å²) in [5, 5.41) is 0. The third-order valence-corrected chi connectivity index (χ3v) is 6.53. The zero-order valence-electron chi connectivity index (χ0n) is 16.3. The Morgan fingerprint density at radius 1 is 1.25 bits per heavy atom. The van der Waals surface area contributed by atoms with Gasteiger partial charge in [-0.2, -0.15) is 0 Å². The SMILES string of the molecule is C[C@@H]1CCN(C(=O)CC2CCOCC2)C[C@@H]1c1ncc2cnc3[nH]ccc3n12. The number of H-pyrrole nitrogens is 1. The van der Waals surface area contributed by atoms with Gasteiger partial charge in [0.15, 0.2) is 5.65 Å². The summed E-state index contributed by atoms with van der Waals surface area (Å²) in [7, 11) is 0. The Balaban J connectivity index is 1.40. The van der Waals surface area contributed by atoms with Crippen molar-refractivity contribution in [1.29, 1.82) is 0 Å². The van der Waals surface area contributed by atoms with Gasteiger partial charge >= 0.3 is 0 Å². The first-order chi connectivity index (χ1) is 13.7. The molecule has 148 valence electrons. The Bertz CT molecular complexity index is 987. The molecule has 0 spiro atoms. The molecule has 2 aliphatic rings. The summed E-state index contributed by atoms with van der Waals surface area (Å²) >= 11 is 0. The first-order valence-electron chi connectivity index (χ1n) is 10.4. The molecule has 0 radical (unpaired) electrons. The zero-order valence-corrected chi connectivity index (χ0v) is 16.3. The summed E-state index contributed by atoms with van der Waals surface area (Å²) in [5.74, 6) is 2.52. The average Bonchev–Trinajstić information content (AvgIpc) is 3.35. The molecule has 0 unspecified atom stereocenters. The molecule has 0 aliphatic carbocycles. The van der Waals surface area contributed by atoms with Crippen LogP contribution in [0.15, 0.2) is 24.7 Å². The zero-order chi connectivity index (χ0) is 19.1. The second kappa shape index (κ2) is 7.20. The van der Waals surface area contributed by atoms with Gasteiger partial charge < -0.3 is 14.6 Å². The molecule has 3 aromatic rings. The second-order valence-corrected chi connectivity index (χ2v) is 8.32. The highest BCUT2D eigenvalue weighted by Crippen LogP contribution is 2.33. The maximum Gasteiger partial charge on any atom is 0.222 e. The summed E-state index contributed by atoms with van der Waals surface area (Å²) in [6.45, 7) is 5.46. The fraction of sp³-hybridized carbons (Fsp3) is 0.571. The van der Waals surface area contributed by atoms with E-state index in [1.165, 1.54) is 0 Å². The van der Waals surface area contributed by atoms with Crippen molar-refractivity contribution >= 4 is 22.6 Å². The summed E-state index contributed by atoms with van der Waals surface area (Å²) < 4.78 is 7.63. The minimum absolute atomic E-state index is 0.232. The Hall–Kier alpha value is -2.41. The third kappa shape index (κ3) is 3.07. The number of ether oxygens (including phenoxy) is 1. The number of carbonyl (C=O) groups excluding carboxylic acids is 1. The number of aromatic amines is 1. The molecule has 5 rings (SSSR count). The van der Waals surface area contributed by atoms with Gasteiger partial charge in [-0.05, 0) is 37.2 Å². The van der Waals surface area contributed by atoms with Crippen molar-refractivity contribution in [1.82, 2.24) is 24.3 Å².